The van der Waals surface area contributed by atoms with E-state index in [-0.39, 0.29) is 11.9 Å². The highest BCUT2D eigenvalue weighted by Gasteiger charge is 2.27. The van der Waals surface area contributed by atoms with E-state index in [2.05, 4.69) is 0 Å². The van der Waals surface area contributed by atoms with E-state index >= 15 is 0 Å². The minimum absolute atomic E-state index is 0.00342. The molecule has 0 bridgehead atoms. The van der Waals surface area contributed by atoms with Crippen molar-refractivity contribution in [2.24, 2.45) is 0 Å². The number of hydrogen-bond donors (Lipinski definition) is 2. The average Bonchev–Trinajstić information content (AvgIpc) is 3.08. The molecule has 0 fully saturated rings. The van der Waals surface area contributed by atoms with Gasteiger partial charge in [-0.3, -0.25) is 0 Å². The Morgan fingerprint density at radius 2 is 2.09 bits per heavy atom. The topological polar surface area (TPSA) is 62.5 Å². The van der Waals surface area contributed by atoms with Crippen LogP contribution in [0.15, 0.2) is 42.6 Å². The number of carboxylic acid groups (broad SMARTS) is 1. The third kappa shape index (κ3) is 2.10. The first-order valence-corrected chi connectivity index (χ1v) is 7.78. The Morgan fingerprint density at radius 3 is 2.83 bits per heavy atom. The Balaban J connectivity index is 1.84. The molecule has 0 saturated carbocycles. The van der Waals surface area contributed by atoms with E-state index in [9.17, 15) is 9.90 Å². The fourth-order valence-corrected chi connectivity index (χ4v) is 3.75. The van der Waals surface area contributed by atoms with Gasteiger partial charge in [-0.1, -0.05) is 29.8 Å². The van der Waals surface area contributed by atoms with Gasteiger partial charge in [-0.25, -0.2) is 4.79 Å². The van der Waals surface area contributed by atoms with Crippen molar-refractivity contribution in [3.63, 3.8) is 0 Å². The number of aromatic nitrogens is 1. The van der Waals surface area contributed by atoms with Crippen LogP contribution in [0.25, 0.3) is 10.8 Å². The van der Waals surface area contributed by atoms with Crippen molar-refractivity contribution in [1.82, 2.24) is 4.57 Å². The van der Waals surface area contributed by atoms with Crippen LogP contribution in [-0.2, 0) is 6.42 Å². The van der Waals surface area contributed by atoms with Crippen molar-refractivity contribution in [2.45, 2.75) is 18.9 Å². The van der Waals surface area contributed by atoms with Gasteiger partial charge in [0, 0.05) is 11.6 Å². The molecule has 0 unspecified atom stereocenters. The number of aryl methyl sites for hydroxylation is 1. The maximum atomic E-state index is 11.1. The molecule has 0 amide bonds. The third-order valence-electron chi connectivity index (χ3n) is 4.56. The fourth-order valence-electron chi connectivity index (χ4n) is 3.48. The SMILES string of the molecule is O=C(O)c1ccc2c(c1)CC[C@@H]2n1cc2cccc(Cl)c2c1O. The molecule has 0 saturated heterocycles. The minimum Gasteiger partial charge on any atom is -0.494 e. The highest BCUT2D eigenvalue weighted by atomic mass is 35.5. The molecule has 0 aliphatic heterocycles. The van der Waals surface area contributed by atoms with E-state index in [0.29, 0.717) is 16.0 Å². The van der Waals surface area contributed by atoms with Gasteiger partial charge in [0.15, 0.2) is 0 Å². The van der Waals surface area contributed by atoms with Gasteiger partial charge in [0.2, 0.25) is 5.88 Å². The molecule has 23 heavy (non-hydrogen) atoms. The number of nitrogens with zero attached hydrogens (tertiary/aromatic N) is 1. The van der Waals surface area contributed by atoms with Gasteiger partial charge in [-0.2, -0.15) is 0 Å². The standard InChI is InChI=1S/C18H14ClNO3/c19-14-3-1-2-12-9-20(17(21)16(12)14)15-7-5-10-8-11(18(22)23)4-6-13(10)15/h1-4,6,8-9,15,21H,5,7H2,(H,22,23)/t15-/m0/s1. The number of hydrogen-bond acceptors (Lipinski definition) is 2. The van der Waals surface area contributed by atoms with Crippen molar-refractivity contribution in [3.8, 4) is 5.88 Å². The molecule has 5 heteroatoms. The number of rotatable bonds is 2. The Hall–Kier alpha value is -2.46. The first-order valence-electron chi connectivity index (χ1n) is 7.40. The molecular formula is C18H14ClNO3. The van der Waals surface area contributed by atoms with Gasteiger partial charge < -0.3 is 14.8 Å². The summed E-state index contributed by atoms with van der Waals surface area (Å²) in [5.41, 5.74) is 2.38. The summed E-state index contributed by atoms with van der Waals surface area (Å²) in [5, 5.41) is 21.8. The third-order valence-corrected chi connectivity index (χ3v) is 4.88. The van der Waals surface area contributed by atoms with E-state index in [4.69, 9.17) is 16.7 Å². The van der Waals surface area contributed by atoms with Crippen LogP contribution in [0.2, 0.25) is 5.02 Å². The smallest absolute Gasteiger partial charge is 0.335 e. The van der Waals surface area contributed by atoms with Crippen molar-refractivity contribution in [1.29, 1.82) is 0 Å². The Kier molecular flexibility index (Phi) is 3.10. The molecule has 116 valence electrons. The zero-order chi connectivity index (χ0) is 16.1. The number of halogens is 1. The Labute approximate surface area is 137 Å². The molecule has 1 atom stereocenters. The van der Waals surface area contributed by atoms with Gasteiger partial charge in [-0.15, -0.1) is 0 Å². The van der Waals surface area contributed by atoms with E-state index < -0.39 is 5.97 Å². The summed E-state index contributed by atoms with van der Waals surface area (Å²) in [6, 6.07) is 10.7. The number of carboxylic acids is 1. The summed E-state index contributed by atoms with van der Waals surface area (Å²) >= 11 is 6.20. The lowest BCUT2D eigenvalue weighted by molar-refractivity contribution is 0.0696. The first-order chi connectivity index (χ1) is 11.1. The predicted molar refractivity (Wildman–Crippen MR) is 88.5 cm³/mol. The second-order valence-electron chi connectivity index (χ2n) is 5.84. The highest BCUT2D eigenvalue weighted by molar-refractivity contribution is 6.36. The van der Waals surface area contributed by atoms with Crippen LogP contribution in [0, 0.1) is 0 Å². The van der Waals surface area contributed by atoms with Crippen molar-refractivity contribution < 1.29 is 15.0 Å². The molecule has 4 rings (SSSR count). The Bertz CT molecular complexity index is 945. The lowest BCUT2D eigenvalue weighted by Crippen LogP contribution is -2.06. The summed E-state index contributed by atoms with van der Waals surface area (Å²) < 4.78 is 1.84. The predicted octanol–water partition coefficient (Wildman–Crippen LogP) is 4.23. The maximum absolute atomic E-state index is 11.1. The van der Waals surface area contributed by atoms with E-state index in [1.165, 1.54) is 0 Å². The molecule has 2 aromatic carbocycles. The number of benzene rings is 2. The fraction of sp³-hybridized carbons (Fsp3) is 0.167. The number of aromatic hydroxyl groups is 1. The zero-order valence-electron chi connectivity index (χ0n) is 12.2. The van der Waals surface area contributed by atoms with Crippen molar-refractivity contribution >= 4 is 28.3 Å². The maximum Gasteiger partial charge on any atom is 0.335 e. The van der Waals surface area contributed by atoms with E-state index in [1.54, 1.807) is 18.2 Å². The number of fused-ring (bicyclic) bond motifs is 2. The summed E-state index contributed by atoms with van der Waals surface area (Å²) in [5.74, 6) is -0.761. The minimum atomic E-state index is -0.919. The molecule has 1 aromatic heterocycles. The Morgan fingerprint density at radius 1 is 1.26 bits per heavy atom. The van der Waals surface area contributed by atoms with E-state index in [0.717, 1.165) is 29.4 Å². The summed E-state index contributed by atoms with van der Waals surface area (Å²) in [4.78, 5) is 11.1. The summed E-state index contributed by atoms with van der Waals surface area (Å²) in [6.07, 6.45) is 3.52. The summed E-state index contributed by atoms with van der Waals surface area (Å²) in [7, 11) is 0. The van der Waals surface area contributed by atoms with Crippen LogP contribution < -0.4 is 0 Å². The number of carbonyl (C=O) groups is 1. The van der Waals surface area contributed by atoms with Crippen LogP contribution >= 0.6 is 11.6 Å². The average molecular weight is 328 g/mol. The van der Waals surface area contributed by atoms with E-state index in [1.807, 2.05) is 29.0 Å². The highest BCUT2D eigenvalue weighted by Crippen LogP contribution is 2.41. The van der Waals surface area contributed by atoms with Crippen LogP contribution in [-0.4, -0.2) is 20.7 Å². The van der Waals surface area contributed by atoms with Gasteiger partial charge in [0.25, 0.3) is 0 Å². The van der Waals surface area contributed by atoms with Crippen molar-refractivity contribution in [2.75, 3.05) is 0 Å². The lowest BCUT2D eigenvalue weighted by Gasteiger charge is -2.15. The van der Waals surface area contributed by atoms with Gasteiger partial charge in [0.05, 0.1) is 22.0 Å². The van der Waals surface area contributed by atoms with Crippen LogP contribution in [0.4, 0.5) is 0 Å². The van der Waals surface area contributed by atoms with Crippen LogP contribution in [0.1, 0.15) is 33.9 Å². The number of aromatic carboxylic acids is 1. The molecule has 4 nitrogen and oxygen atoms in total. The molecule has 1 aliphatic carbocycles. The molecule has 1 aliphatic rings. The zero-order valence-corrected chi connectivity index (χ0v) is 12.9. The van der Waals surface area contributed by atoms with Crippen LogP contribution in [0.3, 0.4) is 0 Å². The van der Waals surface area contributed by atoms with Gasteiger partial charge in [-0.05, 0) is 42.2 Å². The second kappa shape index (κ2) is 5.03. The van der Waals surface area contributed by atoms with Crippen molar-refractivity contribution in [3.05, 3.63) is 64.3 Å². The monoisotopic (exact) mass is 327 g/mol. The normalized spacial score (nSPS) is 16.7. The largest absolute Gasteiger partial charge is 0.494 e. The van der Waals surface area contributed by atoms with Crippen LogP contribution in [0.5, 0.6) is 5.88 Å². The second-order valence-corrected chi connectivity index (χ2v) is 6.24. The molecular weight excluding hydrogens is 314 g/mol. The van der Waals surface area contributed by atoms with Gasteiger partial charge in [0.1, 0.15) is 0 Å². The quantitative estimate of drug-likeness (QED) is 0.740. The molecule has 0 spiro atoms. The molecule has 3 aromatic rings. The summed E-state index contributed by atoms with van der Waals surface area (Å²) in [6.45, 7) is 0. The molecule has 1 heterocycles. The molecule has 0 radical (unpaired) electrons. The first kappa shape index (κ1) is 14.2. The lowest BCUT2D eigenvalue weighted by atomic mass is 10.0. The molecule has 2 N–H and O–H groups in total. The van der Waals surface area contributed by atoms with Gasteiger partial charge >= 0.3 is 5.97 Å².